The zero-order valence-electron chi connectivity index (χ0n) is 14.5. The predicted octanol–water partition coefficient (Wildman–Crippen LogP) is 2.78. The first-order valence-electron chi connectivity index (χ1n) is 8.33. The molecule has 0 fully saturated rings. The Kier molecular flexibility index (Phi) is 5.49. The Bertz CT molecular complexity index is 915. The van der Waals surface area contributed by atoms with Crippen LogP contribution in [0.4, 0.5) is 0 Å². The highest BCUT2D eigenvalue weighted by molar-refractivity contribution is 5.91. The third-order valence-corrected chi connectivity index (χ3v) is 4.10. The molecule has 0 unspecified atom stereocenters. The molecule has 26 heavy (non-hydrogen) atoms. The molecule has 5 heteroatoms. The van der Waals surface area contributed by atoms with Crippen LogP contribution >= 0.6 is 0 Å². The van der Waals surface area contributed by atoms with Crippen molar-refractivity contribution in [3.05, 3.63) is 77.9 Å². The summed E-state index contributed by atoms with van der Waals surface area (Å²) in [5.74, 6) is 0.198. The van der Waals surface area contributed by atoms with Gasteiger partial charge < -0.3 is 4.74 Å². The van der Waals surface area contributed by atoms with Gasteiger partial charge in [0.25, 0.3) is 0 Å². The van der Waals surface area contributed by atoms with Crippen LogP contribution in [0.3, 0.4) is 0 Å². The molecule has 132 valence electrons. The fraction of sp³-hybridized carbons (Fsp3) is 0.143. The van der Waals surface area contributed by atoms with Crippen LogP contribution < -0.4 is 15.6 Å². The molecule has 3 aromatic rings. The summed E-state index contributed by atoms with van der Waals surface area (Å²) in [7, 11) is 1.59. The topological polar surface area (TPSA) is 67.4 Å². The molecule has 0 saturated heterocycles. The molecule has 0 saturated carbocycles. The van der Waals surface area contributed by atoms with Gasteiger partial charge in [-0.05, 0) is 34.0 Å². The molecule has 2 amide bonds. The minimum atomic E-state index is -0.276. The minimum Gasteiger partial charge on any atom is -0.497 e. The summed E-state index contributed by atoms with van der Waals surface area (Å²) in [6.45, 7) is 0. The fourth-order valence-electron chi connectivity index (χ4n) is 2.78. The Morgan fingerprint density at radius 3 is 2.19 bits per heavy atom. The third-order valence-electron chi connectivity index (χ3n) is 4.10. The van der Waals surface area contributed by atoms with E-state index in [9.17, 15) is 9.59 Å². The van der Waals surface area contributed by atoms with Crippen molar-refractivity contribution >= 4 is 22.6 Å². The van der Waals surface area contributed by atoms with Crippen molar-refractivity contribution in [1.29, 1.82) is 0 Å². The Balaban J connectivity index is 1.54. The van der Waals surface area contributed by atoms with Crippen LogP contribution in [0.5, 0.6) is 5.75 Å². The predicted molar refractivity (Wildman–Crippen MR) is 101 cm³/mol. The third kappa shape index (κ3) is 4.39. The highest BCUT2D eigenvalue weighted by Crippen LogP contribution is 2.18. The van der Waals surface area contributed by atoms with Crippen molar-refractivity contribution in [3.63, 3.8) is 0 Å². The van der Waals surface area contributed by atoms with Crippen LogP contribution in [-0.4, -0.2) is 18.9 Å². The Hall–Kier alpha value is -3.34. The first-order valence-corrected chi connectivity index (χ1v) is 8.33. The molecule has 0 aliphatic rings. The van der Waals surface area contributed by atoms with Crippen LogP contribution in [0.1, 0.15) is 11.1 Å². The maximum absolute atomic E-state index is 12.2. The highest BCUT2D eigenvalue weighted by Gasteiger charge is 2.09. The summed E-state index contributed by atoms with van der Waals surface area (Å²) in [4.78, 5) is 24.1. The summed E-state index contributed by atoms with van der Waals surface area (Å²) < 4.78 is 5.08. The number of hydrogen-bond acceptors (Lipinski definition) is 3. The van der Waals surface area contributed by atoms with Crippen LogP contribution in [0.25, 0.3) is 10.8 Å². The van der Waals surface area contributed by atoms with Crippen molar-refractivity contribution in [2.45, 2.75) is 12.8 Å². The standard InChI is InChI=1S/C21H20N2O3/c1-26-18-11-9-15(10-12-18)13-20(24)22-23-21(25)14-17-7-4-6-16-5-2-3-8-19(16)17/h2-12H,13-14H2,1H3,(H,22,24)(H,23,25). The Morgan fingerprint density at radius 2 is 1.46 bits per heavy atom. The zero-order chi connectivity index (χ0) is 18.4. The summed E-state index contributed by atoms with van der Waals surface area (Å²) in [6.07, 6.45) is 0.378. The molecule has 3 rings (SSSR count). The lowest BCUT2D eigenvalue weighted by atomic mass is 10.0. The number of carbonyl (C=O) groups is 2. The van der Waals surface area contributed by atoms with E-state index in [-0.39, 0.29) is 24.7 Å². The quantitative estimate of drug-likeness (QED) is 0.697. The molecule has 0 aromatic heterocycles. The number of carbonyl (C=O) groups excluding carboxylic acids is 2. The second kappa shape index (κ2) is 8.16. The summed E-state index contributed by atoms with van der Waals surface area (Å²) in [5, 5.41) is 2.12. The number of hydrogen-bond donors (Lipinski definition) is 2. The Labute approximate surface area is 152 Å². The van der Waals surface area contributed by atoms with Gasteiger partial charge in [-0.25, -0.2) is 0 Å². The van der Waals surface area contributed by atoms with Gasteiger partial charge in [-0.3, -0.25) is 20.4 Å². The van der Waals surface area contributed by atoms with E-state index in [4.69, 9.17) is 4.74 Å². The van der Waals surface area contributed by atoms with Crippen molar-refractivity contribution in [2.75, 3.05) is 7.11 Å². The smallest absolute Gasteiger partial charge is 0.242 e. The summed E-state index contributed by atoms with van der Waals surface area (Å²) in [6, 6.07) is 21.0. The number of ether oxygens (including phenoxy) is 1. The van der Waals surface area contributed by atoms with Crippen LogP contribution in [0.15, 0.2) is 66.7 Å². The summed E-state index contributed by atoms with van der Waals surface area (Å²) >= 11 is 0. The summed E-state index contributed by atoms with van der Waals surface area (Å²) in [5.41, 5.74) is 6.69. The second-order valence-corrected chi connectivity index (χ2v) is 5.94. The van der Waals surface area contributed by atoms with E-state index in [0.29, 0.717) is 0 Å². The van der Waals surface area contributed by atoms with Crippen molar-refractivity contribution in [3.8, 4) is 5.75 Å². The average Bonchev–Trinajstić information content (AvgIpc) is 2.67. The van der Waals surface area contributed by atoms with Crippen molar-refractivity contribution in [2.24, 2.45) is 0 Å². The number of amides is 2. The maximum Gasteiger partial charge on any atom is 0.242 e. The van der Waals surface area contributed by atoms with Gasteiger partial charge in [-0.1, -0.05) is 54.6 Å². The number of fused-ring (bicyclic) bond motifs is 1. The molecule has 3 aromatic carbocycles. The monoisotopic (exact) mass is 348 g/mol. The molecule has 5 nitrogen and oxygen atoms in total. The molecule has 2 N–H and O–H groups in total. The van der Waals surface area contributed by atoms with E-state index in [1.54, 1.807) is 19.2 Å². The maximum atomic E-state index is 12.2. The van der Waals surface area contributed by atoms with Gasteiger partial charge in [0.05, 0.1) is 20.0 Å². The average molecular weight is 348 g/mol. The molecule has 0 heterocycles. The van der Waals surface area contributed by atoms with E-state index >= 15 is 0 Å². The van der Waals surface area contributed by atoms with Gasteiger partial charge >= 0.3 is 0 Å². The van der Waals surface area contributed by atoms with Gasteiger partial charge in [0.1, 0.15) is 5.75 Å². The van der Waals surface area contributed by atoms with Gasteiger partial charge in [-0.2, -0.15) is 0 Å². The normalized spacial score (nSPS) is 10.3. The lowest BCUT2D eigenvalue weighted by Gasteiger charge is -2.09. The number of methoxy groups -OCH3 is 1. The van der Waals surface area contributed by atoms with Gasteiger partial charge in [-0.15, -0.1) is 0 Å². The molecule has 0 bridgehead atoms. The largest absolute Gasteiger partial charge is 0.497 e. The fourth-order valence-corrected chi connectivity index (χ4v) is 2.78. The van der Waals surface area contributed by atoms with Crippen molar-refractivity contribution < 1.29 is 14.3 Å². The van der Waals surface area contributed by atoms with E-state index < -0.39 is 0 Å². The second-order valence-electron chi connectivity index (χ2n) is 5.94. The number of benzene rings is 3. The molecule has 0 spiro atoms. The van der Waals surface area contributed by atoms with E-state index in [0.717, 1.165) is 27.6 Å². The lowest BCUT2D eigenvalue weighted by Crippen LogP contribution is -2.43. The molecule has 0 aliphatic carbocycles. The SMILES string of the molecule is COc1ccc(CC(=O)NNC(=O)Cc2cccc3ccccc23)cc1. The minimum absolute atomic E-state index is 0.179. The van der Waals surface area contributed by atoms with Gasteiger partial charge in [0.15, 0.2) is 0 Å². The molecular formula is C21H20N2O3. The number of rotatable bonds is 5. The van der Waals surface area contributed by atoms with E-state index in [2.05, 4.69) is 10.9 Å². The molecule has 0 aliphatic heterocycles. The Morgan fingerprint density at radius 1 is 0.808 bits per heavy atom. The highest BCUT2D eigenvalue weighted by atomic mass is 16.5. The van der Waals surface area contributed by atoms with Crippen LogP contribution in [0, 0.1) is 0 Å². The molecule has 0 atom stereocenters. The van der Waals surface area contributed by atoms with E-state index in [1.807, 2.05) is 54.6 Å². The number of hydrazine groups is 1. The first-order chi connectivity index (χ1) is 12.7. The van der Waals surface area contributed by atoms with Crippen molar-refractivity contribution in [1.82, 2.24) is 10.9 Å². The van der Waals surface area contributed by atoms with Gasteiger partial charge in [0.2, 0.25) is 11.8 Å². The molecule has 0 radical (unpaired) electrons. The van der Waals surface area contributed by atoms with Crippen LogP contribution in [0.2, 0.25) is 0 Å². The molecular weight excluding hydrogens is 328 g/mol. The number of nitrogens with one attached hydrogen (secondary N) is 2. The van der Waals surface area contributed by atoms with E-state index in [1.165, 1.54) is 0 Å². The van der Waals surface area contributed by atoms with Crippen LogP contribution in [-0.2, 0) is 22.4 Å². The zero-order valence-corrected chi connectivity index (χ0v) is 14.5. The lowest BCUT2D eigenvalue weighted by molar-refractivity contribution is -0.128. The van der Waals surface area contributed by atoms with Gasteiger partial charge in [0, 0.05) is 0 Å². The first kappa shape index (κ1) is 17.5.